The van der Waals surface area contributed by atoms with Gasteiger partial charge in [-0.1, -0.05) is 11.7 Å². The van der Waals surface area contributed by atoms with Gasteiger partial charge in [0.05, 0.1) is 0 Å². The lowest BCUT2D eigenvalue weighted by Crippen LogP contribution is -2.37. The van der Waals surface area contributed by atoms with Crippen LogP contribution in [-0.4, -0.2) is 34.0 Å². The van der Waals surface area contributed by atoms with Crippen molar-refractivity contribution in [2.45, 2.75) is 26.2 Å². The molecule has 1 saturated heterocycles. The minimum Gasteiger partial charge on any atom is -0.340 e. The van der Waals surface area contributed by atoms with Gasteiger partial charge < -0.3 is 9.42 Å². The molecule has 1 aliphatic rings. The molecular formula is C12H17N3O2. The van der Waals surface area contributed by atoms with E-state index in [4.69, 9.17) is 4.52 Å². The van der Waals surface area contributed by atoms with E-state index in [1.54, 1.807) is 6.92 Å². The fraction of sp³-hybridized carbons (Fsp3) is 0.583. The molecule has 0 N–H and O–H groups in total. The average Bonchev–Trinajstić information content (AvgIpc) is 2.75. The quantitative estimate of drug-likeness (QED) is 0.742. The van der Waals surface area contributed by atoms with Gasteiger partial charge in [0.1, 0.15) is 0 Å². The number of hydrogen-bond donors (Lipinski definition) is 0. The van der Waals surface area contributed by atoms with Crippen LogP contribution in [0.5, 0.6) is 0 Å². The largest absolute Gasteiger partial charge is 0.340 e. The van der Waals surface area contributed by atoms with E-state index in [-0.39, 0.29) is 5.91 Å². The van der Waals surface area contributed by atoms with Gasteiger partial charge in [0.25, 0.3) is 0 Å². The zero-order valence-corrected chi connectivity index (χ0v) is 10.1. The molecule has 2 heterocycles. The summed E-state index contributed by atoms with van der Waals surface area (Å²) >= 11 is 0. The van der Waals surface area contributed by atoms with Crippen molar-refractivity contribution in [1.82, 2.24) is 15.0 Å². The third-order valence-corrected chi connectivity index (χ3v) is 3.14. The molecule has 0 unspecified atom stereocenters. The Morgan fingerprint density at radius 3 is 2.82 bits per heavy atom. The number of piperidine rings is 1. The molecule has 0 radical (unpaired) electrons. The van der Waals surface area contributed by atoms with Crippen LogP contribution in [0.25, 0.3) is 0 Å². The maximum Gasteiger partial charge on any atom is 0.245 e. The van der Waals surface area contributed by atoms with E-state index < -0.39 is 0 Å². The van der Waals surface area contributed by atoms with Crippen LogP contribution in [0.3, 0.4) is 0 Å². The summed E-state index contributed by atoms with van der Waals surface area (Å²) in [6.45, 7) is 6.89. The Morgan fingerprint density at radius 1 is 1.59 bits per heavy atom. The van der Waals surface area contributed by atoms with Crippen LogP contribution in [0.4, 0.5) is 0 Å². The summed E-state index contributed by atoms with van der Waals surface area (Å²) in [6, 6.07) is 0. The number of carbonyl (C=O) groups is 1. The van der Waals surface area contributed by atoms with Gasteiger partial charge in [0.2, 0.25) is 11.8 Å². The van der Waals surface area contributed by atoms with Crippen molar-refractivity contribution in [3.8, 4) is 0 Å². The van der Waals surface area contributed by atoms with Crippen LogP contribution in [0, 0.1) is 12.8 Å². The van der Waals surface area contributed by atoms with E-state index in [0.29, 0.717) is 11.8 Å². The second-order valence-corrected chi connectivity index (χ2v) is 4.41. The number of aryl methyl sites for hydroxylation is 1. The number of hydrogen-bond acceptors (Lipinski definition) is 4. The van der Waals surface area contributed by atoms with E-state index in [9.17, 15) is 4.79 Å². The number of aromatic nitrogens is 2. The zero-order chi connectivity index (χ0) is 12.3. The fourth-order valence-corrected chi connectivity index (χ4v) is 2.17. The van der Waals surface area contributed by atoms with Gasteiger partial charge in [-0.15, -0.1) is 0 Å². The highest BCUT2D eigenvalue weighted by Gasteiger charge is 2.22. The molecule has 0 aromatic carbocycles. The van der Waals surface area contributed by atoms with E-state index in [2.05, 4.69) is 16.7 Å². The number of carbonyl (C=O) groups excluding carboxylic acids is 1. The Bertz CT molecular complexity index is 406. The Kier molecular flexibility index (Phi) is 3.56. The molecule has 0 aliphatic carbocycles. The number of likely N-dealkylation sites (tertiary alicyclic amines) is 1. The molecule has 0 saturated carbocycles. The molecule has 1 aromatic heterocycles. The topological polar surface area (TPSA) is 59.2 Å². The summed E-state index contributed by atoms with van der Waals surface area (Å²) in [5.74, 6) is 1.95. The number of amides is 1. The van der Waals surface area contributed by atoms with E-state index >= 15 is 0 Å². The summed E-state index contributed by atoms with van der Waals surface area (Å²) < 4.78 is 4.94. The molecule has 17 heavy (non-hydrogen) atoms. The zero-order valence-electron chi connectivity index (χ0n) is 10.1. The third kappa shape index (κ3) is 2.93. The Labute approximate surface area is 100 Å². The molecule has 2 rings (SSSR count). The molecule has 0 bridgehead atoms. The van der Waals surface area contributed by atoms with Crippen molar-refractivity contribution < 1.29 is 9.32 Å². The van der Waals surface area contributed by atoms with Gasteiger partial charge in [-0.05, 0) is 24.8 Å². The van der Waals surface area contributed by atoms with Crippen molar-refractivity contribution in [3.05, 3.63) is 24.4 Å². The number of rotatable bonds is 3. The van der Waals surface area contributed by atoms with Crippen molar-refractivity contribution >= 4 is 5.91 Å². The first-order valence-corrected chi connectivity index (χ1v) is 5.89. The molecule has 1 aliphatic heterocycles. The Morgan fingerprint density at radius 2 is 2.29 bits per heavy atom. The molecule has 1 fully saturated rings. The first-order valence-electron chi connectivity index (χ1n) is 5.89. The second-order valence-electron chi connectivity index (χ2n) is 4.41. The van der Waals surface area contributed by atoms with Gasteiger partial charge in [0, 0.05) is 26.4 Å². The molecule has 92 valence electrons. The van der Waals surface area contributed by atoms with Crippen LogP contribution >= 0.6 is 0 Å². The average molecular weight is 235 g/mol. The van der Waals surface area contributed by atoms with Gasteiger partial charge in [0.15, 0.2) is 5.82 Å². The first-order chi connectivity index (χ1) is 8.19. The summed E-state index contributed by atoms with van der Waals surface area (Å²) in [6.07, 6.45) is 4.21. The minimum atomic E-state index is 0.0267. The van der Waals surface area contributed by atoms with Crippen molar-refractivity contribution in [1.29, 1.82) is 0 Å². The monoisotopic (exact) mass is 235 g/mol. The highest BCUT2D eigenvalue weighted by Crippen LogP contribution is 2.20. The van der Waals surface area contributed by atoms with Gasteiger partial charge in [-0.3, -0.25) is 4.79 Å². The normalized spacial score (nSPS) is 17.1. The maximum absolute atomic E-state index is 11.4. The Balaban J connectivity index is 1.83. The van der Waals surface area contributed by atoms with E-state index in [1.165, 1.54) is 6.08 Å². The molecule has 5 heteroatoms. The van der Waals surface area contributed by atoms with Crippen LogP contribution in [-0.2, 0) is 11.2 Å². The molecule has 1 amide bonds. The molecule has 5 nitrogen and oxygen atoms in total. The van der Waals surface area contributed by atoms with Gasteiger partial charge in [-0.2, -0.15) is 4.98 Å². The SMILES string of the molecule is C=CC(=O)N1CCC(Cc2noc(C)n2)CC1. The smallest absolute Gasteiger partial charge is 0.245 e. The summed E-state index contributed by atoms with van der Waals surface area (Å²) in [4.78, 5) is 17.4. The van der Waals surface area contributed by atoms with Gasteiger partial charge in [-0.25, -0.2) is 0 Å². The molecule has 1 aromatic rings. The summed E-state index contributed by atoms with van der Waals surface area (Å²) in [5, 5.41) is 3.90. The number of nitrogens with zero attached hydrogens (tertiary/aromatic N) is 3. The van der Waals surface area contributed by atoms with Crippen molar-refractivity contribution in [3.63, 3.8) is 0 Å². The predicted octanol–water partition coefficient (Wildman–Crippen LogP) is 1.35. The Hall–Kier alpha value is -1.65. The third-order valence-electron chi connectivity index (χ3n) is 3.14. The van der Waals surface area contributed by atoms with Crippen LogP contribution in [0.1, 0.15) is 24.6 Å². The van der Waals surface area contributed by atoms with Crippen molar-refractivity contribution in [2.75, 3.05) is 13.1 Å². The molecule has 0 spiro atoms. The summed E-state index contributed by atoms with van der Waals surface area (Å²) in [7, 11) is 0. The minimum absolute atomic E-state index is 0.0267. The summed E-state index contributed by atoms with van der Waals surface area (Å²) in [5.41, 5.74) is 0. The van der Waals surface area contributed by atoms with Crippen LogP contribution in [0.2, 0.25) is 0 Å². The van der Waals surface area contributed by atoms with Crippen molar-refractivity contribution in [2.24, 2.45) is 5.92 Å². The lowest BCUT2D eigenvalue weighted by atomic mass is 9.93. The lowest BCUT2D eigenvalue weighted by molar-refractivity contribution is -0.127. The molecule has 0 atom stereocenters. The predicted molar refractivity (Wildman–Crippen MR) is 62.2 cm³/mol. The first kappa shape index (κ1) is 11.8. The second kappa shape index (κ2) is 5.12. The standard InChI is InChI=1S/C12H17N3O2/c1-3-12(16)15-6-4-10(5-7-15)8-11-13-9(2)17-14-11/h3,10H,1,4-8H2,2H3. The molecular weight excluding hydrogens is 218 g/mol. The highest BCUT2D eigenvalue weighted by atomic mass is 16.5. The maximum atomic E-state index is 11.4. The van der Waals surface area contributed by atoms with Gasteiger partial charge >= 0.3 is 0 Å². The van der Waals surface area contributed by atoms with Crippen LogP contribution < -0.4 is 0 Å². The lowest BCUT2D eigenvalue weighted by Gasteiger charge is -2.30. The fourth-order valence-electron chi connectivity index (χ4n) is 2.17. The van der Waals surface area contributed by atoms with E-state index in [0.717, 1.165) is 38.2 Å². The van der Waals surface area contributed by atoms with E-state index in [1.807, 2.05) is 4.90 Å². The highest BCUT2D eigenvalue weighted by molar-refractivity contribution is 5.87. The van der Waals surface area contributed by atoms with Crippen LogP contribution in [0.15, 0.2) is 17.2 Å².